The van der Waals surface area contributed by atoms with Crippen molar-refractivity contribution < 1.29 is 18.7 Å². The first-order valence-corrected chi connectivity index (χ1v) is 6.52. The van der Waals surface area contributed by atoms with E-state index in [1.54, 1.807) is 6.07 Å². The third-order valence-electron chi connectivity index (χ3n) is 2.43. The van der Waals surface area contributed by atoms with Crippen LogP contribution in [-0.4, -0.2) is 25.5 Å². The number of hydrogen-bond acceptors (Lipinski definition) is 4. The third kappa shape index (κ3) is 4.91. The van der Waals surface area contributed by atoms with Crippen LogP contribution in [0.3, 0.4) is 0 Å². The molecule has 0 spiro atoms. The second-order valence-corrected chi connectivity index (χ2v) is 4.47. The van der Waals surface area contributed by atoms with Crippen molar-refractivity contribution in [3.63, 3.8) is 0 Å². The molecule has 0 aromatic carbocycles. The first-order chi connectivity index (χ1) is 8.65. The number of amides is 1. The predicted molar refractivity (Wildman–Crippen MR) is 69.2 cm³/mol. The molecule has 0 radical (unpaired) electrons. The molecule has 0 atom stereocenters. The van der Waals surface area contributed by atoms with E-state index in [0.717, 1.165) is 19.3 Å². The highest BCUT2D eigenvalue weighted by atomic mass is 79.9. The highest BCUT2D eigenvalue weighted by Gasteiger charge is 2.11. The number of carbonyl (C=O) groups is 2. The Bertz CT molecular complexity index is 403. The van der Waals surface area contributed by atoms with Gasteiger partial charge in [-0.2, -0.15) is 0 Å². The molecule has 0 bridgehead atoms. The molecule has 0 unspecified atom stereocenters. The summed E-state index contributed by atoms with van der Waals surface area (Å²) in [5, 5.41) is 2.78. The minimum Gasteiger partial charge on any atom is -0.469 e. The molecule has 1 rings (SSSR count). The topological polar surface area (TPSA) is 68.5 Å². The highest BCUT2D eigenvalue weighted by Crippen LogP contribution is 2.17. The summed E-state index contributed by atoms with van der Waals surface area (Å²) in [5.74, 6) is -0.357. The van der Waals surface area contributed by atoms with Crippen LogP contribution in [0.2, 0.25) is 0 Å². The van der Waals surface area contributed by atoms with Gasteiger partial charge >= 0.3 is 5.97 Å². The standard InChI is InChI=1S/C12H16BrNO4/c1-17-10(15)5-3-2-4-7-14-12(16)9-6-8-18-11(9)13/h6,8H,2-5,7H2,1H3,(H,14,16). The van der Waals surface area contributed by atoms with Crippen LogP contribution >= 0.6 is 15.9 Å². The van der Waals surface area contributed by atoms with Crippen LogP contribution in [0.1, 0.15) is 36.0 Å². The Labute approximate surface area is 114 Å². The van der Waals surface area contributed by atoms with Gasteiger partial charge < -0.3 is 14.5 Å². The molecule has 1 aromatic heterocycles. The van der Waals surface area contributed by atoms with Gasteiger partial charge in [-0.1, -0.05) is 6.42 Å². The number of ether oxygens (including phenoxy) is 1. The lowest BCUT2D eigenvalue weighted by Crippen LogP contribution is -2.24. The molecular weight excluding hydrogens is 302 g/mol. The van der Waals surface area contributed by atoms with Crippen molar-refractivity contribution in [1.29, 1.82) is 0 Å². The van der Waals surface area contributed by atoms with Crippen molar-refractivity contribution in [1.82, 2.24) is 5.32 Å². The van der Waals surface area contributed by atoms with Crippen molar-refractivity contribution in [2.24, 2.45) is 0 Å². The zero-order valence-corrected chi connectivity index (χ0v) is 11.8. The number of esters is 1. The molecule has 6 heteroatoms. The fraction of sp³-hybridized carbons (Fsp3) is 0.500. The molecule has 0 aliphatic heterocycles. The van der Waals surface area contributed by atoms with Crippen LogP contribution < -0.4 is 5.32 Å². The van der Waals surface area contributed by atoms with Crippen LogP contribution in [0.4, 0.5) is 0 Å². The van der Waals surface area contributed by atoms with E-state index >= 15 is 0 Å². The Morgan fingerprint density at radius 1 is 1.39 bits per heavy atom. The summed E-state index contributed by atoms with van der Waals surface area (Å²) in [7, 11) is 1.38. The monoisotopic (exact) mass is 317 g/mol. The predicted octanol–water partition coefficient (Wildman–Crippen LogP) is 2.51. The molecule has 1 heterocycles. The van der Waals surface area contributed by atoms with Gasteiger partial charge in [0.15, 0.2) is 4.67 Å². The van der Waals surface area contributed by atoms with E-state index in [1.165, 1.54) is 13.4 Å². The summed E-state index contributed by atoms with van der Waals surface area (Å²) in [4.78, 5) is 22.5. The van der Waals surface area contributed by atoms with Crippen molar-refractivity contribution in [3.8, 4) is 0 Å². The average molecular weight is 318 g/mol. The summed E-state index contributed by atoms with van der Waals surface area (Å²) < 4.78 is 9.94. The number of furan rings is 1. The van der Waals surface area contributed by atoms with Gasteiger partial charge in [0.1, 0.15) is 0 Å². The third-order valence-corrected chi connectivity index (χ3v) is 3.05. The summed E-state index contributed by atoms with van der Waals surface area (Å²) in [6.07, 6.45) is 4.37. The molecule has 18 heavy (non-hydrogen) atoms. The highest BCUT2D eigenvalue weighted by molar-refractivity contribution is 9.10. The molecule has 0 fully saturated rings. The van der Waals surface area contributed by atoms with Gasteiger partial charge in [0.2, 0.25) is 0 Å². The molecule has 0 saturated heterocycles. The molecular formula is C12H16BrNO4. The Balaban J connectivity index is 2.10. The summed E-state index contributed by atoms with van der Waals surface area (Å²) in [5.41, 5.74) is 0.490. The van der Waals surface area contributed by atoms with E-state index in [9.17, 15) is 9.59 Å². The van der Waals surface area contributed by atoms with Crippen molar-refractivity contribution in [3.05, 3.63) is 22.6 Å². The Hall–Kier alpha value is -1.30. The van der Waals surface area contributed by atoms with E-state index in [4.69, 9.17) is 4.42 Å². The zero-order chi connectivity index (χ0) is 13.4. The average Bonchev–Trinajstić information content (AvgIpc) is 2.79. The van der Waals surface area contributed by atoms with E-state index in [0.29, 0.717) is 23.2 Å². The molecule has 1 aromatic rings. The maximum absolute atomic E-state index is 11.6. The lowest BCUT2D eigenvalue weighted by atomic mass is 10.2. The molecule has 0 saturated carbocycles. The first kappa shape index (κ1) is 14.8. The van der Waals surface area contributed by atoms with Gasteiger partial charge in [-0.15, -0.1) is 0 Å². The van der Waals surface area contributed by atoms with Crippen molar-refractivity contribution >= 4 is 27.8 Å². The van der Waals surface area contributed by atoms with Gasteiger partial charge in [0.05, 0.1) is 18.9 Å². The fourth-order valence-corrected chi connectivity index (χ4v) is 1.85. The smallest absolute Gasteiger partial charge is 0.305 e. The molecule has 5 nitrogen and oxygen atoms in total. The Kier molecular flexibility index (Phi) is 6.49. The minimum atomic E-state index is -0.193. The zero-order valence-electron chi connectivity index (χ0n) is 10.2. The lowest BCUT2D eigenvalue weighted by Gasteiger charge is -2.03. The van der Waals surface area contributed by atoms with Gasteiger partial charge in [-0.3, -0.25) is 9.59 Å². The van der Waals surface area contributed by atoms with Crippen molar-refractivity contribution in [2.45, 2.75) is 25.7 Å². The number of rotatable bonds is 7. The Morgan fingerprint density at radius 3 is 2.78 bits per heavy atom. The van der Waals surface area contributed by atoms with Crippen LogP contribution in [0.25, 0.3) is 0 Å². The summed E-state index contributed by atoms with van der Waals surface area (Å²) in [6, 6.07) is 1.61. The SMILES string of the molecule is COC(=O)CCCCCNC(=O)c1ccoc1Br. The number of hydrogen-bond donors (Lipinski definition) is 1. The van der Waals surface area contributed by atoms with Gasteiger partial charge in [-0.25, -0.2) is 0 Å². The number of halogens is 1. The van der Waals surface area contributed by atoms with Crippen LogP contribution in [0.5, 0.6) is 0 Å². The normalized spacial score (nSPS) is 10.1. The second-order valence-electron chi connectivity index (χ2n) is 3.75. The first-order valence-electron chi connectivity index (χ1n) is 5.73. The van der Waals surface area contributed by atoms with Crippen LogP contribution in [-0.2, 0) is 9.53 Å². The van der Waals surface area contributed by atoms with E-state index in [1.807, 2.05) is 0 Å². The van der Waals surface area contributed by atoms with Crippen molar-refractivity contribution in [2.75, 3.05) is 13.7 Å². The molecule has 0 aliphatic rings. The second kappa shape index (κ2) is 7.92. The van der Waals surface area contributed by atoms with Gasteiger partial charge in [0.25, 0.3) is 5.91 Å². The summed E-state index contributed by atoms with van der Waals surface area (Å²) in [6.45, 7) is 0.581. The van der Waals surface area contributed by atoms with Crippen LogP contribution in [0.15, 0.2) is 21.4 Å². The minimum absolute atomic E-state index is 0.163. The number of unbranched alkanes of at least 4 members (excludes halogenated alkanes) is 2. The van der Waals surface area contributed by atoms with Crippen LogP contribution in [0, 0.1) is 0 Å². The molecule has 1 amide bonds. The molecule has 1 N–H and O–H groups in total. The van der Waals surface area contributed by atoms with E-state index in [-0.39, 0.29) is 11.9 Å². The van der Waals surface area contributed by atoms with E-state index < -0.39 is 0 Å². The summed E-state index contributed by atoms with van der Waals surface area (Å²) >= 11 is 3.15. The maximum atomic E-state index is 11.6. The quantitative estimate of drug-likeness (QED) is 0.619. The molecule has 0 aliphatic carbocycles. The van der Waals surface area contributed by atoms with E-state index in [2.05, 4.69) is 26.0 Å². The number of nitrogens with one attached hydrogen (secondary N) is 1. The largest absolute Gasteiger partial charge is 0.469 e. The lowest BCUT2D eigenvalue weighted by molar-refractivity contribution is -0.140. The number of methoxy groups -OCH3 is 1. The fourth-order valence-electron chi connectivity index (χ4n) is 1.43. The number of carbonyl (C=O) groups excluding carboxylic acids is 2. The maximum Gasteiger partial charge on any atom is 0.305 e. The molecule has 100 valence electrons. The van der Waals surface area contributed by atoms with Gasteiger partial charge in [-0.05, 0) is 34.8 Å². The Morgan fingerprint density at radius 2 is 2.17 bits per heavy atom. The van der Waals surface area contributed by atoms with Gasteiger partial charge in [0, 0.05) is 13.0 Å².